The molecule has 0 unspecified atom stereocenters. The van der Waals surface area contributed by atoms with Crippen molar-refractivity contribution < 1.29 is 19.1 Å². The van der Waals surface area contributed by atoms with Gasteiger partial charge in [0.15, 0.2) is 0 Å². The summed E-state index contributed by atoms with van der Waals surface area (Å²) in [6.07, 6.45) is 4.52. The molecular weight excluding hydrogens is 544 g/mol. The molecule has 0 bridgehead atoms. The molecule has 0 radical (unpaired) electrons. The highest BCUT2D eigenvalue weighted by Crippen LogP contribution is 2.43. The number of nitrogens with one attached hydrogen (secondary N) is 2. The summed E-state index contributed by atoms with van der Waals surface area (Å²) in [6.45, 7) is 4.72. The third-order valence-electron chi connectivity index (χ3n) is 8.40. The van der Waals surface area contributed by atoms with E-state index in [1.54, 1.807) is 25.1 Å². The fourth-order valence-electron chi connectivity index (χ4n) is 6.20. The first-order valence-electron chi connectivity index (χ1n) is 14.7. The lowest BCUT2D eigenvalue weighted by Gasteiger charge is -2.14. The minimum Gasteiger partial charge on any atom is -0.497 e. The second-order valence-electron chi connectivity index (χ2n) is 11.5. The zero-order valence-electron chi connectivity index (χ0n) is 24.7. The van der Waals surface area contributed by atoms with E-state index in [1.807, 2.05) is 42.5 Å². The highest BCUT2D eigenvalue weighted by atomic mass is 16.5. The van der Waals surface area contributed by atoms with Crippen LogP contribution in [0.15, 0.2) is 48.8 Å². The molecule has 220 valence electrons. The van der Waals surface area contributed by atoms with Gasteiger partial charge in [-0.25, -0.2) is 9.97 Å². The Balaban J connectivity index is 1.39. The Morgan fingerprint density at radius 2 is 1.88 bits per heavy atom. The Morgan fingerprint density at radius 1 is 1.05 bits per heavy atom. The van der Waals surface area contributed by atoms with Crippen molar-refractivity contribution in [1.82, 2.24) is 24.4 Å². The molecule has 1 aliphatic heterocycles. The molecule has 0 spiro atoms. The van der Waals surface area contributed by atoms with Gasteiger partial charge in [0.2, 0.25) is 5.91 Å². The predicted molar refractivity (Wildman–Crippen MR) is 165 cm³/mol. The molecule has 0 atom stereocenters. The Kier molecular flexibility index (Phi) is 6.56. The van der Waals surface area contributed by atoms with Gasteiger partial charge in [0.05, 0.1) is 30.8 Å². The summed E-state index contributed by atoms with van der Waals surface area (Å²) >= 11 is 0. The molecule has 1 amide bonds. The molecule has 0 saturated heterocycles. The molecule has 1 aliphatic carbocycles. The number of anilines is 1. The number of hydrogen-bond acceptors (Lipinski definition) is 7. The van der Waals surface area contributed by atoms with E-state index < -0.39 is 0 Å². The van der Waals surface area contributed by atoms with Gasteiger partial charge in [-0.1, -0.05) is 6.07 Å². The van der Waals surface area contributed by atoms with Gasteiger partial charge < -0.3 is 24.7 Å². The Hall–Kier alpha value is -4.86. The van der Waals surface area contributed by atoms with E-state index in [4.69, 9.17) is 19.4 Å². The molecule has 1 saturated carbocycles. The summed E-state index contributed by atoms with van der Waals surface area (Å²) in [4.78, 5) is 36.1. The van der Waals surface area contributed by atoms with Crippen molar-refractivity contribution in [2.45, 2.75) is 58.2 Å². The fourth-order valence-corrected chi connectivity index (χ4v) is 6.20. The first kappa shape index (κ1) is 27.0. The van der Waals surface area contributed by atoms with Gasteiger partial charge in [-0.05, 0) is 63.4 Å². The highest BCUT2D eigenvalue weighted by Gasteiger charge is 2.31. The first-order valence-corrected chi connectivity index (χ1v) is 14.7. The van der Waals surface area contributed by atoms with Crippen molar-refractivity contribution in [3.05, 3.63) is 65.6 Å². The Morgan fingerprint density at radius 3 is 2.63 bits per heavy atom. The lowest BCUT2D eigenvalue weighted by Crippen LogP contribution is -2.25. The minimum absolute atomic E-state index is 0.00117. The Labute approximate surface area is 249 Å². The van der Waals surface area contributed by atoms with Crippen LogP contribution in [-0.4, -0.2) is 51.2 Å². The van der Waals surface area contributed by atoms with Crippen LogP contribution < -0.4 is 20.1 Å². The van der Waals surface area contributed by atoms with Gasteiger partial charge in [0.25, 0.3) is 5.91 Å². The van der Waals surface area contributed by atoms with Crippen molar-refractivity contribution in [1.29, 1.82) is 0 Å². The topological polar surface area (TPSA) is 112 Å². The smallest absolute Gasteiger partial charge is 0.251 e. The number of amides is 1. The molecule has 2 aliphatic rings. The average molecular weight is 579 g/mol. The van der Waals surface area contributed by atoms with Crippen LogP contribution in [0.2, 0.25) is 0 Å². The van der Waals surface area contributed by atoms with Crippen molar-refractivity contribution in [2.75, 3.05) is 19.5 Å². The second kappa shape index (κ2) is 10.4. The Bertz CT molecular complexity index is 1920. The largest absolute Gasteiger partial charge is 0.497 e. The highest BCUT2D eigenvalue weighted by molar-refractivity contribution is 6.09. The molecule has 1 fully saturated rings. The van der Waals surface area contributed by atoms with Crippen LogP contribution in [0, 0.1) is 0 Å². The second-order valence-corrected chi connectivity index (χ2v) is 11.5. The predicted octanol–water partition coefficient (Wildman–Crippen LogP) is 5.74. The van der Waals surface area contributed by atoms with E-state index in [9.17, 15) is 9.59 Å². The van der Waals surface area contributed by atoms with Crippen LogP contribution in [0.5, 0.6) is 11.5 Å². The number of rotatable bonds is 8. The van der Waals surface area contributed by atoms with Crippen LogP contribution in [-0.2, 0) is 13.0 Å². The van der Waals surface area contributed by atoms with Crippen LogP contribution in [0.25, 0.3) is 33.2 Å². The molecule has 10 heteroatoms. The maximum atomic E-state index is 13.7. The van der Waals surface area contributed by atoms with E-state index in [2.05, 4.69) is 29.0 Å². The summed E-state index contributed by atoms with van der Waals surface area (Å²) in [5, 5.41) is 8.36. The number of hydrogen-bond donors (Lipinski definition) is 2. The first-order chi connectivity index (χ1) is 20.9. The molecule has 43 heavy (non-hydrogen) atoms. The van der Waals surface area contributed by atoms with E-state index in [0.717, 1.165) is 63.0 Å². The lowest BCUT2D eigenvalue weighted by atomic mass is 10.1. The molecule has 4 heterocycles. The number of carbonyl (C=O) groups excluding carboxylic acids is 2. The van der Waals surface area contributed by atoms with Crippen molar-refractivity contribution >= 4 is 39.6 Å². The molecule has 5 aromatic rings. The molecule has 2 N–H and O–H groups in total. The van der Waals surface area contributed by atoms with E-state index in [-0.39, 0.29) is 23.9 Å². The summed E-state index contributed by atoms with van der Waals surface area (Å²) in [7, 11) is 3.27. The zero-order chi connectivity index (χ0) is 29.8. The number of nitrogens with zero attached hydrogens (tertiary/aromatic N) is 4. The summed E-state index contributed by atoms with van der Waals surface area (Å²) < 4.78 is 15.0. The molecule has 7 rings (SSSR count). The van der Waals surface area contributed by atoms with Crippen LogP contribution in [0.1, 0.15) is 65.6 Å². The third kappa shape index (κ3) is 4.57. The maximum absolute atomic E-state index is 13.7. The third-order valence-corrected chi connectivity index (χ3v) is 8.40. The number of methoxy groups -OCH3 is 2. The number of fused-ring (bicyclic) bond motifs is 7. The molecule has 10 nitrogen and oxygen atoms in total. The molecule has 3 aromatic heterocycles. The van der Waals surface area contributed by atoms with Gasteiger partial charge in [-0.2, -0.15) is 0 Å². The van der Waals surface area contributed by atoms with Crippen LogP contribution >= 0.6 is 0 Å². The summed E-state index contributed by atoms with van der Waals surface area (Å²) in [5.41, 5.74) is 5.84. The van der Waals surface area contributed by atoms with Crippen LogP contribution in [0.3, 0.4) is 0 Å². The monoisotopic (exact) mass is 578 g/mol. The van der Waals surface area contributed by atoms with Crippen molar-refractivity contribution in [2.24, 2.45) is 0 Å². The van der Waals surface area contributed by atoms with Gasteiger partial charge in [-0.15, -0.1) is 0 Å². The van der Waals surface area contributed by atoms with Crippen molar-refractivity contribution in [3.63, 3.8) is 0 Å². The van der Waals surface area contributed by atoms with E-state index in [1.165, 1.54) is 0 Å². The number of carbonyl (C=O) groups is 2. The number of aromatic nitrogens is 4. The summed E-state index contributed by atoms with van der Waals surface area (Å²) in [6, 6.07) is 13.7. The fraction of sp³-hybridized carbons (Fsp3) is 0.333. The van der Waals surface area contributed by atoms with E-state index >= 15 is 0 Å². The lowest BCUT2D eigenvalue weighted by molar-refractivity contribution is 0.0908. The SMILES string of the molecule is COc1ccc(CNc2ncnc3c2c2c(n3C(C)C)CCC(=O)n3c-2cc2ccc(C(=O)NC4CC4)cc23)c(OC)c1. The minimum atomic E-state index is -0.105. The normalized spacial score (nSPS) is 14.5. The number of ether oxygens (including phenoxy) is 2. The summed E-state index contributed by atoms with van der Waals surface area (Å²) in [5.74, 6) is 2.00. The number of benzene rings is 2. The molecule has 2 aromatic carbocycles. The standard InChI is InChI=1S/C33H34N6O4/c1-18(2)38-24-11-12-28(40)39-25-14-20(33(41)37-22-8-9-22)6-5-19(25)13-26(39)29(24)30-31(35-17-36-32(30)38)34-16-21-7-10-23(42-3)15-27(21)43-4/h5-7,10,13-15,17-18,22H,8-9,11-12,16H2,1-4H3,(H,37,41)(H,34,35,36). The van der Waals surface area contributed by atoms with Gasteiger partial charge in [-0.3, -0.25) is 14.2 Å². The quantitative estimate of drug-likeness (QED) is 0.241. The average Bonchev–Trinajstić information content (AvgIpc) is 3.68. The molecular formula is C33H34N6O4. The van der Waals surface area contributed by atoms with E-state index in [0.29, 0.717) is 36.5 Å². The van der Waals surface area contributed by atoms with Crippen molar-refractivity contribution in [3.8, 4) is 22.8 Å². The van der Waals surface area contributed by atoms with Gasteiger partial charge in [0.1, 0.15) is 29.3 Å². The van der Waals surface area contributed by atoms with Gasteiger partial charge >= 0.3 is 0 Å². The van der Waals surface area contributed by atoms with Crippen LogP contribution in [0.4, 0.5) is 5.82 Å². The maximum Gasteiger partial charge on any atom is 0.251 e. The van der Waals surface area contributed by atoms with Gasteiger partial charge in [0, 0.05) is 58.9 Å². The zero-order valence-corrected chi connectivity index (χ0v) is 24.7.